The number of nitrogens with zero attached hydrogens (tertiary/aromatic N) is 2. The Balaban J connectivity index is 2.66. The van der Waals surface area contributed by atoms with Gasteiger partial charge in [0.15, 0.2) is 5.52 Å². The molecule has 0 saturated carbocycles. The molecule has 2 nitrogen and oxygen atoms in total. The van der Waals surface area contributed by atoms with Gasteiger partial charge in [0.05, 0.1) is 19.7 Å². The topological polar surface area (TPSA) is 9.03 Å². The van der Waals surface area contributed by atoms with Gasteiger partial charge in [-0.3, -0.25) is 0 Å². The predicted octanol–water partition coefficient (Wildman–Crippen LogP) is 2.27. The van der Waals surface area contributed by atoms with Crippen molar-refractivity contribution in [3.05, 3.63) is 35.9 Å². The lowest BCUT2D eigenvalue weighted by atomic mass is 10.1. The van der Waals surface area contributed by atoms with E-state index in [0.717, 1.165) is 6.42 Å². The molecule has 0 N–H and O–H groups in total. The molecule has 0 atom stereocenters. The van der Waals surface area contributed by atoms with Crippen LogP contribution >= 0.6 is 0 Å². The summed E-state index contributed by atoms with van der Waals surface area (Å²) in [4.78, 5) is 0. The van der Waals surface area contributed by atoms with Gasteiger partial charge in [-0.25, -0.2) is 4.57 Å². The lowest BCUT2D eigenvalue weighted by Crippen LogP contribution is -2.26. The van der Waals surface area contributed by atoms with Crippen molar-refractivity contribution in [1.82, 2.24) is 4.57 Å². The first-order valence-corrected chi connectivity index (χ1v) is 5.56. The van der Waals surface area contributed by atoms with Gasteiger partial charge in [0, 0.05) is 6.92 Å². The van der Waals surface area contributed by atoms with Crippen molar-refractivity contribution in [1.29, 1.82) is 0 Å². The van der Waals surface area contributed by atoms with Gasteiger partial charge in [-0.15, -0.1) is 0 Å². The number of fused-ring (bicyclic) bond motifs is 1. The van der Waals surface area contributed by atoms with Gasteiger partial charge in [0.1, 0.15) is 5.69 Å². The third-order valence-electron chi connectivity index (χ3n) is 2.99. The molecule has 0 saturated heterocycles. The molecule has 2 aromatic heterocycles. The Labute approximate surface area is 91.2 Å². The van der Waals surface area contributed by atoms with Gasteiger partial charge in [0.25, 0.3) is 5.82 Å². The van der Waals surface area contributed by atoms with Crippen molar-refractivity contribution in [2.75, 3.05) is 0 Å². The van der Waals surface area contributed by atoms with Crippen LogP contribution in [0.4, 0.5) is 0 Å². The van der Waals surface area contributed by atoms with Crippen LogP contribution < -0.4 is 4.40 Å². The Morgan fingerprint density at radius 1 is 1.33 bits per heavy atom. The molecule has 0 spiro atoms. The van der Waals surface area contributed by atoms with E-state index in [4.69, 9.17) is 0 Å². The molecule has 0 bridgehead atoms. The van der Waals surface area contributed by atoms with E-state index in [1.807, 2.05) is 0 Å². The van der Waals surface area contributed by atoms with Crippen LogP contribution in [0.3, 0.4) is 0 Å². The number of pyridine rings is 1. The molecule has 2 heterocycles. The molecule has 80 valence electrons. The molecular weight excluding hydrogens is 184 g/mol. The Morgan fingerprint density at radius 2 is 2.07 bits per heavy atom. The summed E-state index contributed by atoms with van der Waals surface area (Å²) < 4.78 is 4.60. The molecule has 0 fully saturated rings. The van der Waals surface area contributed by atoms with E-state index in [9.17, 15) is 0 Å². The minimum absolute atomic E-state index is 0.689. The van der Waals surface area contributed by atoms with Crippen LogP contribution in [-0.4, -0.2) is 4.57 Å². The van der Waals surface area contributed by atoms with Crippen LogP contribution in [0.25, 0.3) is 5.52 Å². The summed E-state index contributed by atoms with van der Waals surface area (Å²) in [6.07, 6.45) is 3.27. The molecule has 0 aliphatic heterocycles. The summed E-state index contributed by atoms with van der Waals surface area (Å²) in [5, 5.41) is 0. The number of aromatic nitrogens is 2. The average molecular weight is 203 g/mol. The molecule has 2 aromatic rings. The Hall–Kier alpha value is -1.31. The maximum Gasteiger partial charge on any atom is 0.261 e. The fourth-order valence-corrected chi connectivity index (χ4v) is 2.09. The first kappa shape index (κ1) is 10.2. The summed E-state index contributed by atoms with van der Waals surface area (Å²) in [5.74, 6) is 2.08. The maximum atomic E-state index is 2.30. The third-order valence-corrected chi connectivity index (χ3v) is 2.99. The predicted molar refractivity (Wildman–Crippen MR) is 61.9 cm³/mol. The van der Waals surface area contributed by atoms with Crippen molar-refractivity contribution in [3.8, 4) is 0 Å². The van der Waals surface area contributed by atoms with Gasteiger partial charge < -0.3 is 0 Å². The van der Waals surface area contributed by atoms with Crippen molar-refractivity contribution in [2.24, 2.45) is 13.0 Å². The molecule has 0 aliphatic carbocycles. The van der Waals surface area contributed by atoms with Crippen molar-refractivity contribution in [2.45, 2.75) is 27.2 Å². The van der Waals surface area contributed by atoms with E-state index in [-0.39, 0.29) is 0 Å². The van der Waals surface area contributed by atoms with Crippen LogP contribution in [0.5, 0.6) is 0 Å². The Kier molecular flexibility index (Phi) is 2.51. The van der Waals surface area contributed by atoms with Gasteiger partial charge in [-0.1, -0.05) is 19.9 Å². The second kappa shape index (κ2) is 3.69. The Morgan fingerprint density at radius 3 is 2.73 bits per heavy atom. The Bertz CT molecular complexity index is 480. The number of imidazole rings is 1. The summed E-state index contributed by atoms with van der Waals surface area (Å²) in [7, 11) is 2.15. The van der Waals surface area contributed by atoms with Crippen LogP contribution in [0.2, 0.25) is 0 Å². The number of hydrogen-bond donors (Lipinski definition) is 0. The minimum atomic E-state index is 0.689. The molecule has 2 heteroatoms. The van der Waals surface area contributed by atoms with Gasteiger partial charge in [0.2, 0.25) is 0 Å². The highest BCUT2D eigenvalue weighted by Crippen LogP contribution is 2.11. The third kappa shape index (κ3) is 1.65. The first-order chi connectivity index (χ1) is 7.11. The minimum Gasteiger partial charge on any atom is -0.233 e. The molecule has 0 unspecified atom stereocenters. The number of hydrogen-bond acceptors (Lipinski definition) is 0. The van der Waals surface area contributed by atoms with E-state index in [2.05, 4.69) is 61.2 Å². The molecule has 2 rings (SSSR count). The zero-order valence-corrected chi connectivity index (χ0v) is 9.99. The fourth-order valence-electron chi connectivity index (χ4n) is 2.09. The van der Waals surface area contributed by atoms with Crippen LogP contribution in [-0.2, 0) is 13.5 Å². The SMILES string of the molecule is Cc1c2cccc[n+]2c(CC(C)C)n1C. The van der Waals surface area contributed by atoms with E-state index >= 15 is 0 Å². The lowest BCUT2D eigenvalue weighted by Gasteiger charge is -2.00. The van der Waals surface area contributed by atoms with E-state index in [1.54, 1.807) is 0 Å². The second-order valence-electron chi connectivity index (χ2n) is 4.61. The molecule has 0 amide bonds. The molecule has 0 aromatic carbocycles. The maximum absolute atomic E-state index is 2.30. The van der Waals surface area contributed by atoms with Gasteiger partial charge >= 0.3 is 0 Å². The molecular formula is C13H19N2+. The summed E-state index contributed by atoms with van der Waals surface area (Å²) >= 11 is 0. The van der Waals surface area contributed by atoms with E-state index in [1.165, 1.54) is 17.0 Å². The highest BCUT2D eigenvalue weighted by atomic mass is 15.1. The zero-order valence-electron chi connectivity index (χ0n) is 9.99. The van der Waals surface area contributed by atoms with Crippen molar-refractivity contribution >= 4 is 5.52 Å². The van der Waals surface area contributed by atoms with Crippen molar-refractivity contribution in [3.63, 3.8) is 0 Å². The van der Waals surface area contributed by atoms with Gasteiger partial charge in [-0.2, -0.15) is 4.40 Å². The fraction of sp³-hybridized carbons (Fsp3) is 0.462. The largest absolute Gasteiger partial charge is 0.261 e. The summed E-state index contributed by atoms with van der Waals surface area (Å²) in [6, 6.07) is 6.37. The quantitative estimate of drug-likeness (QED) is 0.662. The molecule has 0 radical (unpaired) electrons. The second-order valence-corrected chi connectivity index (χ2v) is 4.61. The lowest BCUT2D eigenvalue weighted by molar-refractivity contribution is -0.523. The van der Waals surface area contributed by atoms with Crippen molar-refractivity contribution < 1.29 is 4.40 Å². The highest BCUT2D eigenvalue weighted by molar-refractivity contribution is 5.44. The molecule has 15 heavy (non-hydrogen) atoms. The standard InChI is InChI=1S/C13H19N2/c1-10(2)9-13-14(4)11(3)12-7-5-6-8-15(12)13/h5-8,10H,9H2,1-4H3/q+1. The summed E-state index contributed by atoms with van der Waals surface area (Å²) in [6.45, 7) is 6.70. The summed E-state index contributed by atoms with van der Waals surface area (Å²) in [5.41, 5.74) is 2.65. The number of rotatable bonds is 2. The van der Waals surface area contributed by atoms with E-state index in [0.29, 0.717) is 5.92 Å². The highest BCUT2D eigenvalue weighted by Gasteiger charge is 2.19. The van der Waals surface area contributed by atoms with Crippen LogP contribution in [0, 0.1) is 12.8 Å². The molecule has 0 aliphatic rings. The smallest absolute Gasteiger partial charge is 0.233 e. The number of aryl methyl sites for hydroxylation is 1. The van der Waals surface area contributed by atoms with Crippen LogP contribution in [0.15, 0.2) is 24.4 Å². The average Bonchev–Trinajstić information content (AvgIpc) is 2.44. The zero-order chi connectivity index (χ0) is 11.0. The van der Waals surface area contributed by atoms with E-state index < -0.39 is 0 Å². The normalized spacial score (nSPS) is 11.5. The van der Waals surface area contributed by atoms with Gasteiger partial charge in [-0.05, 0) is 18.1 Å². The van der Waals surface area contributed by atoms with Crippen LogP contribution in [0.1, 0.15) is 25.4 Å². The monoisotopic (exact) mass is 203 g/mol. The first-order valence-electron chi connectivity index (χ1n) is 5.56.